The predicted octanol–water partition coefficient (Wildman–Crippen LogP) is 1.80. The highest BCUT2D eigenvalue weighted by Gasteiger charge is 2.20. The van der Waals surface area contributed by atoms with Crippen molar-refractivity contribution in [2.24, 2.45) is 0 Å². The van der Waals surface area contributed by atoms with Gasteiger partial charge in [-0.05, 0) is 20.3 Å². The fourth-order valence-electron chi connectivity index (χ4n) is 0.462. The molecule has 0 saturated heterocycles. The molecule has 0 bridgehead atoms. The van der Waals surface area contributed by atoms with Crippen LogP contribution >= 0.6 is 0 Å². The summed E-state index contributed by atoms with van der Waals surface area (Å²) in [7, 11) is 0. The summed E-state index contributed by atoms with van der Waals surface area (Å²) < 4.78 is 23.9. The molecule has 0 aliphatic carbocycles. The van der Waals surface area contributed by atoms with Gasteiger partial charge in [0.25, 0.3) is 0 Å². The van der Waals surface area contributed by atoms with E-state index < -0.39 is 12.0 Å². The number of aliphatic hydroxyl groups excluding tert-OH is 1. The van der Waals surface area contributed by atoms with Gasteiger partial charge >= 0.3 is 0 Å². The van der Waals surface area contributed by atoms with Gasteiger partial charge in [-0.2, -0.15) is 0 Å². The minimum absolute atomic E-state index is 0.170. The minimum Gasteiger partial charge on any atom is -0.393 e. The maximum absolute atomic E-state index is 12.0. The molecule has 1 N–H and O–H groups in total. The van der Waals surface area contributed by atoms with Crippen molar-refractivity contribution in [2.45, 2.75) is 38.7 Å². The Bertz CT molecular complexity index is 75.6. The highest BCUT2D eigenvalue weighted by atomic mass is 19.3. The van der Waals surface area contributed by atoms with Crippen LogP contribution in [-0.4, -0.2) is 17.1 Å². The minimum atomic E-state index is -2.63. The summed E-state index contributed by atoms with van der Waals surface area (Å²) in [4.78, 5) is 0. The molecule has 56 valence electrons. The van der Waals surface area contributed by atoms with E-state index in [1.54, 1.807) is 0 Å². The smallest absolute Gasteiger partial charge is 0.245 e. The number of rotatable bonds is 3. The molecule has 0 spiro atoms. The number of halogens is 2. The standard InChI is InChI=1S/C6H12F2O/c1-5(9)3-4-6(2,7)8/h5,9H,3-4H2,1-2H3. The van der Waals surface area contributed by atoms with Crippen LogP contribution in [0.15, 0.2) is 0 Å². The van der Waals surface area contributed by atoms with Crippen LogP contribution in [0.3, 0.4) is 0 Å². The fourth-order valence-corrected chi connectivity index (χ4v) is 0.462. The van der Waals surface area contributed by atoms with Gasteiger partial charge in [0.05, 0.1) is 6.10 Å². The number of hydrogen-bond donors (Lipinski definition) is 1. The molecule has 0 heterocycles. The van der Waals surface area contributed by atoms with Gasteiger partial charge in [-0.3, -0.25) is 0 Å². The molecule has 0 saturated carbocycles. The maximum Gasteiger partial charge on any atom is 0.245 e. The summed E-state index contributed by atoms with van der Waals surface area (Å²) in [6, 6.07) is 0. The highest BCUT2D eigenvalue weighted by Crippen LogP contribution is 2.19. The third-order valence-corrected chi connectivity index (χ3v) is 1.00. The van der Waals surface area contributed by atoms with Crippen molar-refractivity contribution in [3.63, 3.8) is 0 Å². The van der Waals surface area contributed by atoms with E-state index in [-0.39, 0.29) is 12.8 Å². The van der Waals surface area contributed by atoms with Crippen LogP contribution in [0.4, 0.5) is 8.78 Å². The lowest BCUT2D eigenvalue weighted by atomic mass is 10.1. The summed E-state index contributed by atoms with van der Waals surface area (Å²) in [5.74, 6) is -2.63. The monoisotopic (exact) mass is 138 g/mol. The van der Waals surface area contributed by atoms with Crippen LogP contribution in [0, 0.1) is 0 Å². The zero-order chi connectivity index (χ0) is 7.49. The maximum atomic E-state index is 12.0. The van der Waals surface area contributed by atoms with Gasteiger partial charge in [-0.15, -0.1) is 0 Å². The average molecular weight is 138 g/mol. The van der Waals surface area contributed by atoms with Crippen molar-refractivity contribution in [3.05, 3.63) is 0 Å². The first-order chi connectivity index (χ1) is 3.92. The molecular weight excluding hydrogens is 126 g/mol. The predicted molar refractivity (Wildman–Crippen MR) is 31.5 cm³/mol. The van der Waals surface area contributed by atoms with Gasteiger partial charge < -0.3 is 5.11 Å². The molecule has 0 aliphatic heterocycles. The average Bonchev–Trinajstić information content (AvgIpc) is 1.59. The molecule has 0 aliphatic rings. The molecular formula is C6H12F2O. The molecule has 3 heteroatoms. The first kappa shape index (κ1) is 8.82. The van der Waals surface area contributed by atoms with Crippen molar-refractivity contribution in [2.75, 3.05) is 0 Å². The Labute approximate surface area is 53.7 Å². The fraction of sp³-hybridized carbons (Fsp3) is 1.00. The van der Waals surface area contributed by atoms with E-state index in [0.717, 1.165) is 6.92 Å². The van der Waals surface area contributed by atoms with Crippen molar-refractivity contribution in [1.29, 1.82) is 0 Å². The molecule has 0 aromatic heterocycles. The molecule has 0 radical (unpaired) electrons. The lowest BCUT2D eigenvalue weighted by Gasteiger charge is -2.10. The second-order valence-corrected chi connectivity index (χ2v) is 2.46. The first-order valence-electron chi connectivity index (χ1n) is 2.98. The van der Waals surface area contributed by atoms with Gasteiger partial charge in [0.1, 0.15) is 0 Å². The first-order valence-corrected chi connectivity index (χ1v) is 2.98. The van der Waals surface area contributed by atoms with Crippen molar-refractivity contribution in [1.82, 2.24) is 0 Å². The molecule has 1 atom stereocenters. The zero-order valence-corrected chi connectivity index (χ0v) is 5.69. The van der Waals surface area contributed by atoms with Gasteiger partial charge in [0.15, 0.2) is 0 Å². The highest BCUT2D eigenvalue weighted by molar-refractivity contribution is 4.59. The Hall–Kier alpha value is -0.180. The molecule has 0 aromatic rings. The normalized spacial score (nSPS) is 15.7. The van der Waals surface area contributed by atoms with Gasteiger partial charge in [-0.1, -0.05) is 0 Å². The zero-order valence-electron chi connectivity index (χ0n) is 5.69. The summed E-state index contributed by atoms with van der Waals surface area (Å²) in [5.41, 5.74) is 0. The summed E-state index contributed by atoms with van der Waals surface area (Å²) in [5, 5.41) is 8.58. The third-order valence-electron chi connectivity index (χ3n) is 1.00. The van der Waals surface area contributed by atoms with Crippen LogP contribution in [-0.2, 0) is 0 Å². The van der Waals surface area contributed by atoms with E-state index in [4.69, 9.17) is 5.11 Å². The van der Waals surface area contributed by atoms with Crippen molar-refractivity contribution in [3.8, 4) is 0 Å². The number of alkyl halides is 2. The van der Waals surface area contributed by atoms with E-state index >= 15 is 0 Å². The van der Waals surface area contributed by atoms with Gasteiger partial charge in [0, 0.05) is 6.42 Å². The van der Waals surface area contributed by atoms with Crippen LogP contribution in [0.25, 0.3) is 0 Å². The SMILES string of the molecule is CC(O)CCC(C)(F)F. The molecule has 0 amide bonds. The van der Waals surface area contributed by atoms with Crippen LogP contribution in [0.2, 0.25) is 0 Å². The summed E-state index contributed by atoms with van der Waals surface area (Å²) >= 11 is 0. The summed E-state index contributed by atoms with van der Waals surface area (Å²) in [6.07, 6.45) is -0.676. The van der Waals surface area contributed by atoms with Crippen molar-refractivity contribution >= 4 is 0 Å². The van der Waals surface area contributed by atoms with Crippen LogP contribution in [0.5, 0.6) is 0 Å². The molecule has 1 unspecified atom stereocenters. The molecule has 0 rings (SSSR count). The number of hydrogen-bond acceptors (Lipinski definition) is 1. The number of aliphatic hydroxyl groups is 1. The quantitative estimate of drug-likeness (QED) is 0.630. The van der Waals surface area contributed by atoms with Crippen LogP contribution in [0.1, 0.15) is 26.7 Å². The summed E-state index contributed by atoms with van der Waals surface area (Å²) in [6.45, 7) is 2.36. The van der Waals surface area contributed by atoms with Gasteiger partial charge in [-0.25, -0.2) is 8.78 Å². The lowest BCUT2D eigenvalue weighted by Crippen LogP contribution is -2.13. The van der Waals surface area contributed by atoms with Crippen LogP contribution < -0.4 is 0 Å². The Morgan fingerprint density at radius 1 is 1.56 bits per heavy atom. The Kier molecular flexibility index (Phi) is 3.04. The lowest BCUT2D eigenvalue weighted by molar-refractivity contribution is -0.000226. The van der Waals surface area contributed by atoms with E-state index in [1.807, 2.05) is 0 Å². The van der Waals surface area contributed by atoms with E-state index in [9.17, 15) is 8.78 Å². The third kappa shape index (κ3) is 7.82. The molecule has 1 nitrogen and oxygen atoms in total. The second-order valence-electron chi connectivity index (χ2n) is 2.46. The molecule has 9 heavy (non-hydrogen) atoms. The molecule has 0 aromatic carbocycles. The Morgan fingerprint density at radius 3 is 2.11 bits per heavy atom. The van der Waals surface area contributed by atoms with Gasteiger partial charge in [0.2, 0.25) is 5.92 Å². The van der Waals surface area contributed by atoms with Crippen molar-refractivity contribution < 1.29 is 13.9 Å². The second kappa shape index (κ2) is 3.11. The topological polar surface area (TPSA) is 20.2 Å². The van der Waals surface area contributed by atoms with E-state index in [0.29, 0.717) is 0 Å². The van der Waals surface area contributed by atoms with E-state index in [1.165, 1.54) is 6.92 Å². The molecule has 0 fully saturated rings. The Morgan fingerprint density at radius 2 is 2.00 bits per heavy atom. The van der Waals surface area contributed by atoms with E-state index in [2.05, 4.69) is 0 Å². The largest absolute Gasteiger partial charge is 0.393 e. The Balaban J connectivity index is 3.28.